The molecule has 6 heteroatoms. The molecule has 0 amide bonds. The maximum Gasteiger partial charge on any atom is 0.119 e. The summed E-state index contributed by atoms with van der Waals surface area (Å²) in [7, 11) is 3.41. The highest BCUT2D eigenvalue weighted by Crippen LogP contribution is 2.31. The van der Waals surface area contributed by atoms with Crippen LogP contribution in [0.3, 0.4) is 0 Å². The number of nitrogens with zero attached hydrogens (tertiary/aromatic N) is 2. The molecule has 37 heavy (non-hydrogen) atoms. The first-order chi connectivity index (χ1) is 18.1. The Hall–Kier alpha value is -3.06. The van der Waals surface area contributed by atoms with Gasteiger partial charge in [0.15, 0.2) is 0 Å². The molecule has 0 aromatic heterocycles. The van der Waals surface area contributed by atoms with Gasteiger partial charge in [-0.15, -0.1) is 0 Å². The lowest BCUT2D eigenvalue weighted by molar-refractivity contribution is 0.0458. The third kappa shape index (κ3) is 8.22. The van der Waals surface area contributed by atoms with Crippen LogP contribution in [0.1, 0.15) is 29.9 Å². The van der Waals surface area contributed by atoms with Gasteiger partial charge in [0.25, 0.3) is 0 Å². The molecular weight excluding hydrogens is 464 g/mol. The Labute approximate surface area is 221 Å². The lowest BCUT2D eigenvalue weighted by Gasteiger charge is -2.35. The molecule has 1 fully saturated rings. The zero-order valence-electron chi connectivity index (χ0n) is 22.1. The maximum absolute atomic E-state index is 10.4. The molecule has 1 atom stereocenters. The highest BCUT2D eigenvalue weighted by atomic mass is 16.5. The average molecular weight is 505 g/mol. The van der Waals surface area contributed by atoms with E-state index in [9.17, 15) is 5.11 Å². The third-order valence-electron chi connectivity index (χ3n) is 7.12. The SMILES string of the molecule is COc1ccc(C(CCCN2CCN(CC(O)COc3ccccc3)CC2)c2ccc(OC)cc2)cc1. The smallest absolute Gasteiger partial charge is 0.119 e. The Kier molecular flexibility index (Phi) is 10.2. The molecule has 0 radical (unpaired) electrons. The van der Waals surface area contributed by atoms with Gasteiger partial charge < -0.3 is 24.2 Å². The second-order valence-corrected chi connectivity index (χ2v) is 9.66. The van der Waals surface area contributed by atoms with Gasteiger partial charge in [0.1, 0.15) is 30.0 Å². The summed E-state index contributed by atoms with van der Waals surface area (Å²) in [4.78, 5) is 4.88. The number of β-amino-alcohol motifs (C(OH)–C–C–N with tert-alkyl or cyclic N) is 1. The van der Waals surface area contributed by atoms with Crippen molar-refractivity contribution in [1.82, 2.24) is 9.80 Å². The van der Waals surface area contributed by atoms with E-state index in [0.29, 0.717) is 19.1 Å². The standard InChI is InChI=1S/C31H40N2O4/c1-35-28-14-10-25(11-15-28)31(26-12-16-29(36-2)17-13-26)9-6-18-32-19-21-33(22-20-32)23-27(34)24-37-30-7-4-3-5-8-30/h3-5,7-8,10-17,27,31,34H,6,9,18-24H2,1-2H3. The number of ether oxygens (including phenoxy) is 3. The van der Waals surface area contributed by atoms with E-state index in [1.165, 1.54) is 11.1 Å². The van der Waals surface area contributed by atoms with Crippen molar-refractivity contribution >= 4 is 0 Å². The monoisotopic (exact) mass is 504 g/mol. The average Bonchev–Trinajstić information content (AvgIpc) is 2.96. The first-order valence-electron chi connectivity index (χ1n) is 13.2. The van der Waals surface area contributed by atoms with Gasteiger partial charge in [0.05, 0.1) is 14.2 Å². The number of piperazine rings is 1. The zero-order valence-corrected chi connectivity index (χ0v) is 22.1. The zero-order chi connectivity index (χ0) is 25.9. The molecule has 0 aliphatic carbocycles. The van der Waals surface area contributed by atoms with Crippen molar-refractivity contribution in [2.24, 2.45) is 0 Å². The van der Waals surface area contributed by atoms with Crippen LogP contribution < -0.4 is 14.2 Å². The van der Waals surface area contributed by atoms with Crippen LogP contribution in [0.5, 0.6) is 17.2 Å². The van der Waals surface area contributed by atoms with E-state index in [1.807, 2.05) is 54.6 Å². The van der Waals surface area contributed by atoms with E-state index >= 15 is 0 Å². The molecule has 1 aliphatic heterocycles. The van der Waals surface area contributed by atoms with Crippen molar-refractivity contribution in [2.45, 2.75) is 24.9 Å². The lowest BCUT2D eigenvalue weighted by atomic mass is 9.87. The van der Waals surface area contributed by atoms with Crippen LogP contribution in [0.25, 0.3) is 0 Å². The van der Waals surface area contributed by atoms with Crippen LogP contribution in [-0.4, -0.2) is 81.1 Å². The molecule has 198 valence electrons. The van der Waals surface area contributed by atoms with Gasteiger partial charge in [-0.05, 0) is 66.9 Å². The molecule has 1 unspecified atom stereocenters. The second kappa shape index (κ2) is 14.0. The third-order valence-corrected chi connectivity index (χ3v) is 7.12. The summed E-state index contributed by atoms with van der Waals surface area (Å²) >= 11 is 0. The van der Waals surface area contributed by atoms with Crippen molar-refractivity contribution in [1.29, 1.82) is 0 Å². The molecule has 3 aromatic rings. The molecule has 4 rings (SSSR count). The number of benzene rings is 3. The number of hydrogen-bond donors (Lipinski definition) is 1. The van der Waals surface area contributed by atoms with E-state index in [-0.39, 0.29) is 0 Å². The summed E-state index contributed by atoms with van der Waals surface area (Å²) in [5, 5.41) is 10.4. The largest absolute Gasteiger partial charge is 0.497 e. The fraction of sp³-hybridized carbons (Fsp3) is 0.419. The summed E-state index contributed by atoms with van der Waals surface area (Å²) < 4.78 is 16.4. The number of para-hydroxylation sites is 1. The van der Waals surface area contributed by atoms with Crippen molar-refractivity contribution in [3.8, 4) is 17.2 Å². The van der Waals surface area contributed by atoms with Gasteiger partial charge in [-0.1, -0.05) is 42.5 Å². The molecule has 3 aromatic carbocycles. The number of aliphatic hydroxyl groups is 1. The number of aliphatic hydroxyl groups excluding tert-OH is 1. The second-order valence-electron chi connectivity index (χ2n) is 9.66. The Balaban J connectivity index is 1.23. The van der Waals surface area contributed by atoms with Crippen molar-refractivity contribution in [3.05, 3.63) is 90.0 Å². The topological polar surface area (TPSA) is 54.4 Å². The molecule has 1 saturated heterocycles. The maximum atomic E-state index is 10.4. The van der Waals surface area contributed by atoms with Crippen molar-refractivity contribution < 1.29 is 19.3 Å². The Morgan fingerprint density at radius 2 is 1.24 bits per heavy atom. The fourth-order valence-electron chi connectivity index (χ4n) is 4.97. The van der Waals surface area contributed by atoms with E-state index in [4.69, 9.17) is 14.2 Å². The van der Waals surface area contributed by atoms with Crippen molar-refractivity contribution in [2.75, 3.05) is 60.1 Å². The Bertz CT molecular complexity index is 988. The van der Waals surface area contributed by atoms with Gasteiger partial charge in [-0.3, -0.25) is 4.90 Å². The fourth-order valence-corrected chi connectivity index (χ4v) is 4.97. The van der Waals surface area contributed by atoms with Gasteiger partial charge in [0.2, 0.25) is 0 Å². The molecule has 0 saturated carbocycles. The van der Waals surface area contributed by atoms with Gasteiger partial charge in [0, 0.05) is 38.6 Å². The van der Waals surface area contributed by atoms with Gasteiger partial charge >= 0.3 is 0 Å². The van der Waals surface area contributed by atoms with E-state index in [1.54, 1.807) is 14.2 Å². The molecule has 0 spiro atoms. The van der Waals surface area contributed by atoms with Crippen LogP contribution in [0, 0.1) is 0 Å². The first kappa shape index (κ1) is 27.0. The first-order valence-corrected chi connectivity index (χ1v) is 13.2. The minimum Gasteiger partial charge on any atom is -0.497 e. The minimum absolute atomic E-state index is 0.322. The summed E-state index contributed by atoms with van der Waals surface area (Å²) in [5.41, 5.74) is 2.62. The summed E-state index contributed by atoms with van der Waals surface area (Å²) in [6.07, 6.45) is 1.71. The highest BCUT2D eigenvalue weighted by molar-refractivity contribution is 5.38. The van der Waals surface area contributed by atoms with E-state index in [0.717, 1.165) is 62.8 Å². The Morgan fingerprint density at radius 3 is 1.78 bits per heavy atom. The summed E-state index contributed by atoms with van der Waals surface area (Å²) in [6, 6.07) is 26.6. The summed E-state index contributed by atoms with van der Waals surface area (Å²) in [5.74, 6) is 2.89. The van der Waals surface area contributed by atoms with Gasteiger partial charge in [-0.25, -0.2) is 0 Å². The normalized spacial score (nSPS) is 15.5. The van der Waals surface area contributed by atoms with Crippen LogP contribution in [0.2, 0.25) is 0 Å². The van der Waals surface area contributed by atoms with Crippen LogP contribution >= 0.6 is 0 Å². The number of rotatable bonds is 13. The molecule has 1 aliphatic rings. The number of hydrogen-bond acceptors (Lipinski definition) is 6. The van der Waals surface area contributed by atoms with E-state index in [2.05, 4.69) is 34.1 Å². The number of methoxy groups -OCH3 is 2. The molecule has 1 N–H and O–H groups in total. The van der Waals surface area contributed by atoms with E-state index < -0.39 is 6.10 Å². The molecule has 6 nitrogen and oxygen atoms in total. The summed E-state index contributed by atoms with van der Waals surface area (Å²) in [6.45, 7) is 6.06. The minimum atomic E-state index is -0.485. The molecular formula is C31H40N2O4. The predicted molar refractivity (Wildman–Crippen MR) is 148 cm³/mol. The lowest BCUT2D eigenvalue weighted by Crippen LogP contribution is -2.49. The van der Waals surface area contributed by atoms with Crippen LogP contribution in [0.15, 0.2) is 78.9 Å². The Morgan fingerprint density at radius 1 is 0.703 bits per heavy atom. The van der Waals surface area contributed by atoms with Crippen LogP contribution in [-0.2, 0) is 0 Å². The van der Waals surface area contributed by atoms with Crippen LogP contribution in [0.4, 0.5) is 0 Å². The van der Waals surface area contributed by atoms with Gasteiger partial charge in [-0.2, -0.15) is 0 Å². The van der Waals surface area contributed by atoms with Crippen molar-refractivity contribution in [3.63, 3.8) is 0 Å². The quantitative estimate of drug-likeness (QED) is 0.365. The molecule has 1 heterocycles. The molecule has 0 bridgehead atoms. The highest BCUT2D eigenvalue weighted by Gasteiger charge is 2.20. The predicted octanol–water partition coefficient (Wildman–Crippen LogP) is 4.67.